The average molecular weight is 370 g/mol. The van der Waals surface area contributed by atoms with Crippen LogP contribution in [0.5, 0.6) is 0 Å². The van der Waals surface area contributed by atoms with Crippen molar-refractivity contribution < 1.29 is 9.53 Å². The van der Waals surface area contributed by atoms with Crippen LogP contribution in [0.1, 0.15) is 15.9 Å². The number of carbonyl (C=O) groups excluding carboxylic acids is 1. The Bertz CT molecular complexity index is 948. The number of esters is 1. The van der Waals surface area contributed by atoms with E-state index in [2.05, 4.69) is 25.8 Å². The van der Waals surface area contributed by atoms with Gasteiger partial charge in [0, 0.05) is 10.7 Å². The van der Waals surface area contributed by atoms with E-state index in [0.29, 0.717) is 28.0 Å². The van der Waals surface area contributed by atoms with E-state index >= 15 is 0 Å². The van der Waals surface area contributed by atoms with Gasteiger partial charge in [-0.2, -0.15) is 10.1 Å². The minimum atomic E-state index is -0.442. The number of hydrogen-bond donors (Lipinski definition) is 2. The zero-order valence-corrected chi connectivity index (χ0v) is 14.9. The Morgan fingerprint density at radius 2 is 1.92 bits per heavy atom. The third-order valence-corrected chi connectivity index (χ3v) is 3.84. The maximum atomic E-state index is 11.9. The van der Waals surface area contributed by atoms with Crippen molar-refractivity contribution >= 4 is 40.7 Å². The number of methoxy groups -OCH3 is 1. The van der Waals surface area contributed by atoms with E-state index in [9.17, 15) is 4.79 Å². The van der Waals surface area contributed by atoms with Crippen LogP contribution in [0.25, 0.3) is 0 Å². The fraction of sp³-hybridized carbons (Fsp3) is 0.111. The highest BCUT2D eigenvalue weighted by atomic mass is 35.5. The molecule has 0 atom stereocenters. The topological polar surface area (TPSA) is 89.0 Å². The van der Waals surface area contributed by atoms with Crippen molar-refractivity contribution in [2.24, 2.45) is 0 Å². The Labute approximate surface area is 155 Å². The highest BCUT2D eigenvalue weighted by Crippen LogP contribution is 2.24. The molecule has 0 amide bonds. The molecule has 0 bridgehead atoms. The fourth-order valence-corrected chi connectivity index (χ4v) is 2.46. The first-order valence-corrected chi connectivity index (χ1v) is 8.12. The zero-order valence-electron chi connectivity index (χ0n) is 14.2. The molecular weight excluding hydrogens is 354 g/mol. The first-order valence-electron chi connectivity index (χ1n) is 7.74. The van der Waals surface area contributed by atoms with Crippen LogP contribution in [0.2, 0.25) is 5.02 Å². The lowest BCUT2D eigenvalue weighted by Gasteiger charge is -2.11. The van der Waals surface area contributed by atoms with Gasteiger partial charge in [0.1, 0.15) is 0 Å². The number of nitrogens with one attached hydrogen (secondary N) is 2. The molecule has 0 spiro atoms. The van der Waals surface area contributed by atoms with Crippen LogP contribution >= 0.6 is 11.6 Å². The summed E-state index contributed by atoms with van der Waals surface area (Å²) < 4.78 is 4.79. The van der Waals surface area contributed by atoms with E-state index in [-0.39, 0.29) is 0 Å². The fourth-order valence-electron chi connectivity index (χ4n) is 2.28. The molecule has 8 heteroatoms. The number of ether oxygens (including phenoxy) is 1. The summed E-state index contributed by atoms with van der Waals surface area (Å²) in [5.74, 6) is 0.289. The van der Waals surface area contributed by atoms with Crippen molar-refractivity contribution in [1.29, 1.82) is 0 Å². The van der Waals surface area contributed by atoms with Crippen molar-refractivity contribution in [2.45, 2.75) is 6.92 Å². The predicted molar refractivity (Wildman–Crippen MR) is 100 cm³/mol. The molecule has 0 fully saturated rings. The van der Waals surface area contributed by atoms with Crippen LogP contribution in [0.15, 0.2) is 48.7 Å². The van der Waals surface area contributed by atoms with Gasteiger partial charge < -0.3 is 15.4 Å². The third kappa shape index (κ3) is 4.07. The summed E-state index contributed by atoms with van der Waals surface area (Å²) in [7, 11) is 1.33. The number of halogens is 1. The Hall–Kier alpha value is -3.19. The maximum Gasteiger partial charge on any atom is 0.339 e. The summed E-state index contributed by atoms with van der Waals surface area (Å²) in [4.78, 5) is 16.2. The number of hydrogen-bond acceptors (Lipinski definition) is 7. The molecule has 0 unspecified atom stereocenters. The monoisotopic (exact) mass is 369 g/mol. The summed E-state index contributed by atoms with van der Waals surface area (Å²) in [5, 5.41) is 14.7. The lowest BCUT2D eigenvalue weighted by molar-refractivity contribution is 0.0602. The number of para-hydroxylation sites is 1. The SMILES string of the molecule is COC(=O)c1ccccc1Nc1cnnc(Nc2cc(Cl)ccc2C)n1. The van der Waals surface area contributed by atoms with Gasteiger partial charge in [0.25, 0.3) is 0 Å². The van der Waals surface area contributed by atoms with Gasteiger partial charge in [0.2, 0.25) is 5.95 Å². The van der Waals surface area contributed by atoms with Crippen molar-refractivity contribution in [2.75, 3.05) is 17.7 Å². The second kappa shape index (κ2) is 7.79. The van der Waals surface area contributed by atoms with E-state index in [1.54, 1.807) is 30.3 Å². The smallest absolute Gasteiger partial charge is 0.339 e. The summed E-state index contributed by atoms with van der Waals surface area (Å²) >= 11 is 6.03. The molecule has 0 radical (unpaired) electrons. The van der Waals surface area contributed by atoms with Crippen molar-refractivity contribution in [3.05, 3.63) is 64.8 Å². The van der Waals surface area contributed by atoms with Crippen LogP contribution in [0.4, 0.5) is 23.1 Å². The van der Waals surface area contributed by atoms with Gasteiger partial charge in [-0.25, -0.2) is 4.79 Å². The Kier molecular flexibility index (Phi) is 5.28. The average Bonchev–Trinajstić information content (AvgIpc) is 2.65. The van der Waals surface area contributed by atoms with Crippen LogP contribution in [-0.2, 0) is 4.74 Å². The lowest BCUT2D eigenvalue weighted by atomic mass is 10.2. The molecule has 132 valence electrons. The van der Waals surface area contributed by atoms with Gasteiger partial charge in [-0.1, -0.05) is 29.8 Å². The quantitative estimate of drug-likeness (QED) is 0.654. The Morgan fingerprint density at radius 1 is 1.12 bits per heavy atom. The second-order valence-electron chi connectivity index (χ2n) is 5.41. The number of anilines is 4. The molecule has 1 heterocycles. The van der Waals surface area contributed by atoms with Crippen molar-refractivity contribution in [3.8, 4) is 0 Å². The summed E-state index contributed by atoms with van der Waals surface area (Å²) in [5.41, 5.74) is 2.73. The summed E-state index contributed by atoms with van der Waals surface area (Å²) in [6.07, 6.45) is 1.46. The summed E-state index contributed by atoms with van der Waals surface area (Å²) in [6, 6.07) is 12.5. The second-order valence-corrected chi connectivity index (χ2v) is 5.85. The first kappa shape index (κ1) is 17.6. The Morgan fingerprint density at radius 3 is 2.73 bits per heavy atom. The molecular formula is C18H16ClN5O2. The molecule has 3 rings (SSSR count). The van der Waals surface area contributed by atoms with Gasteiger partial charge in [0.05, 0.1) is 24.6 Å². The normalized spacial score (nSPS) is 10.3. The number of benzene rings is 2. The lowest BCUT2D eigenvalue weighted by Crippen LogP contribution is -2.07. The highest BCUT2D eigenvalue weighted by Gasteiger charge is 2.12. The molecule has 0 aliphatic heterocycles. The van der Waals surface area contributed by atoms with Crippen LogP contribution in [0.3, 0.4) is 0 Å². The van der Waals surface area contributed by atoms with Gasteiger partial charge in [-0.05, 0) is 36.8 Å². The van der Waals surface area contributed by atoms with Crippen molar-refractivity contribution in [1.82, 2.24) is 15.2 Å². The van der Waals surface area contributed by atoms with Gasteiger partial charge in [-0.3, -0.25) is 0 Å². The van der Waals surface area contributed by atoms with Crippen LogP contribution in [-0.4, -0.2) is 28.3 Å². The minimum Gasteiger partial charge on any atom is -0.465 e. The van der Waals surface area contributed by atoms with E-state index in [1.165, 1.54) is 13.3 Å². The standard InChI is InChI=1S/C18H16ClN5O2/c1-11-7-8-12(19)9-15(11)22-18-23-16(10-20-24-18)21-14-6-4-3-5-13(14)17(25)26-2/h3-10H,1-2H3,(H2,21,22,23,24). The zero-order chi connectivity index (χ0) is 18.5. The number of nitrogens with zero attached hydrogens (tertiary/aromatic N) is 3. The molecule has 1 aromatic heterocycles. The van der Waals surface area contributed by atoms with Gasteiger partial charge >= 0.3 is 5.97 Å². The third-order valence-electron chi connectivity index (χ3n) is 3.60. The molecule has 3 aromatic rings. The van der Waals surface area contributed by atoms with E-state index in [1.807, 2.05) is 19.1 Å². The molecule has 2 aromatic carbocycles. The number of rotatable bonds is 5. The van der Waals surface area contributed by atoms with E-state index in [0.717, 1.165) is 11.3 Å². The molecule has 0 aliphatic rings. The van der Waals surface area contributed by atoms with Gasteiger partial charge in [-0.15, -0.1) is 5.10 Å². The minimum absolute atomic E-state index is 0.302. The van der Waals surface area contributed by atoms with E-state index in [4.69, 9.17) is 16.3 Å². The van der Waals surface area contributed by atoms with Crippen molar-refractivity contribution in [3.63, 3.8) is 0 Å². The molecule has 2 N–H and O–H groups in total. The molecule has 26 heavy (non-hydrogen) atoms. The molecule has 7 nitrogen and oxygen atoms in total. The largest absolute Gasteiger partial charge is 0.465 e. The molecule has 0 saturated heterocycles. The number of carbonyl (C=O) groups is 1. The van der Waals surface area contributed by atoms with Crippen LogP contribution < -0.4 is 10.6 Å². The molecule has 0 saturated carbocycles. The van der Waals surface area contributed by atoms with Gasteiger partial charge in [0.15, 0.2) is 5.82 Å². The number of aromatic nitrogens is 3. The highest BCUT2D eigenvalue weighted by molar-refractivity contribution is 6.30. The summed E-state index contributed by atoms with van der Waals surface area (Å²) in [6.45, 7) is 1.95. The van der Waals surface area contributed by atoms with E-state index < -0.39 is 5.97 Å². The predicted octanol–water partition coefficient (Wildman–Crippen LogP) is 4.11. The Balaban J connectivity index is 1.85. The van der Waals surface area contributed by atoms with Crippen LogP contribution in [0, 0.1) is 6.92 Å². The molecule has 0 aliphatic carbocycles. The number of aryl methyl sites for hydroxylation is 1. The first-order chi connectivity index (χ1) is 12.6. The maximum absolute atomic E-state index is 11.9.